The van der Waals surface area contributed by atoms with E-state index in [1.54, 1.807) is 0 Å². The Kier molecular flexibility index (Phi) is 5.02. The largest absolute Gasteiger partial charge is 0.459 e. The lowest BCUT2D eigenvalue weighted by atomic mass is 10.2. The topological polar surface area (TPSA) is 90.1 Å². The van der Waals surface area contributed by atoms with Crippen LogP contribution in [0.3, 0.4) is 0 Å². The molecule has 0 atom stereocenters. The van der Waals surface area contributed by atoms with Crippen molar-refractivity contribution in [2.75, 3.05) is 11.2 Å². The summed E-state index contributed by atoms with van der Waals surface area (Å²) in [6.45, 7) is 5.55. The summed E-state index contributed by atoms with van der Waals surface area (Å²) in [6, 6.07) is 1.92. The first-order valence-corrected chi connectivity index (χ1v) is 8.43. The van der Waals surface area contributed by atoms with E-state index >= 15 is 0 Å². The molecule has 0 radical (unpaired) electrons. The Bertz CT molecular complexity index is 637. The number of fused-ring (bicyclic) bond motifs is 1. The summed E-state index contributed by atoms with van der Waals surface area (Å²) in [5.41, 5.74) is 2.12. The molecule has 0 saturated heterocycles. The third kappa shape index (κ3) is 4.55. The van der Waals surface area contributed by atoms with Crippen LogP contribution in [-0.4, -0.2) is 27.3 Å². The highest BCUT2D eigenvalue weighted by atomic mass is 32.2. The van der Waals surface area contributed by atoms with Gasteiger partial charge in [0.1, 0.15) is 16.3 Å². The predicted molar refractivity (Wildman–Crippen MR) is 87.2 cm³/mol. The molecule has 3 N–H and O–H groups in total. The molecule has 0 aliphatic heterocycles. The first-order valence-electron chi connectivity index (χ1n) is 6.39. The second kappa shape index (κ2) is 6.59. The number of hydrazine groups is 1. The lowest BCUT2D eigenvalue weighted by molar-refractivity contribution is -0.151. The van der Waals surface area contributed by atoms with Gasteiger partial charge in [-0.2, -0.15) is 0 Å². The van der Waals surface area contributed by atoms with Gasteiger partial charge in [-0.05, 0) is 32.2 Å². The van der Waals surface area contributed by atoms with Crippen LogP contribution in [0.1, 0.15) is 26.6 Å². The van der Waals surface area contributed by atoms with Crippen LogP contribution in [0.4, 0.5) is 5.82 Å². The molecule has 21 heavy (non-hydrogen) atoms. The number of nitrogens with two attached hydrogens (primary N) is 1. The van der Waals surface area contributed by atoms with Crippen LogP contribution >= 0.6 is 23.1 Å². The average Bonchev–Trinajstić information content (AvgIpc) is 2.83. The fraction of sp³-hybridized carbons (Fsp3) is 0.462. The van der Waals surface area contributed by atoms with Crippen LogP contribution in [0.15, 0.2) is 11.4 Å². The summed E-state index contributed by atoms with van der Waals surface area (Å²) < 4.78 is 5.25. The molecule has 0 amide bonds. The summed E-state index contributed by atoms with van der Waals surface area (Å²) in [5.74, 6) is 7.29. The third-order valence-electron chi connectivity index (χ3n) is 2.38. The number of esters is 1. The molecular formula is C13H18N4O2S2. The van der Waals surface area contributed by atoms with Crippen molar-refractivity contribution >= 4 is 45.1 Å². The zero-order valence-electron chi connectivity index (χ0n) is 12.2. The second-order valence-electron chi connectivity index (χ2n) is 5.35. The Morgan fingerprint density at radius 2 is 2.24 bits per heavy atom. The van der Waals surface area contributed by atoms with Gasteiger partial charge in [0.2, 0.25) is 0 Å². The number of thioether (sulfide) groups is 1. The number of ether oxygens (including phenoxy) is 1. The van der Waals surface area contributed by atoms with Gasteiger partial charge >= 0.3 is 5.97 Å². The monoisotopic (exact) mass is 326 g/mol. The fourth-order valence-corrected chi connectivity index (χ4v) is 3.09. The number of aromatic nitrogens is 2. The summed E-state index contributed by atoms with van der Waals surface area (Å²) in [4.78, 5) is 21.3. The van der Waals surface area contributed by atoms with E-state index in [0.29, 0.717) is 17.4 Å². The highest BCUT2D eigenvalue weighted by Crippen LogP contribution is 2.25. The molecule has 2 aromatic rings. The molecule has 0 aliphatic rings. The van der Waals surface area contributed by atoms with Crippen LogP contribution in [0, 0.1) is 0 Å². The van der Waals surface area contributed by atoms with E-state index in [9.17, 15) is 4.79 Å². The average molecular weight is 326 g/mol. The Hall–Kier alpha value is -1.38. The van der Waals surface area contributed by atoms with E-state index in [1.807, 2.05) is 32.2 Å². The van der Waals surface area contributed by atoms with Gasteiger partial charge in [0.05, 0.1) is 16.9 Å². The maximum atomic E-state index is 11.6. The molecular weight excluding hydrogens is 308 g/mol. The van der Waals surface area contributed by atoms with Gasteiger partial charge < -0.3 is 10.2 Å². The van der Waals surface area contributed by atoms with Crippen LogP contribution in [-0.2, 0) is 15.3 Å². The number of nitrogen functional groups attached to an aromatic ring is 1. The minimum atomic E-state index is -0.458. The number of rotatable bonds is 5. The number of hydrogen-bond acceptors (Lipinski definition) is 8. The number of thiophene rings is 1. The first kappa shape index (κ1) is 16.0. The quantitative estimate of drug-likeness (QED) is 0.496. The third-order valence-corrected chi connectivity index (χ3v) is 4.09. The molecule has 0 spiro atoms. The molecule has 0 fully saturated rings. The van der Waals surface area contributed by atoms with E-state index < -0.39 is 5.60 Å². The highest BCUT2D eigenvalue weighted by molar-refractivity contribution is 7.99. The number of anilines is 1. The number of carbonyl (C=O) groups excluding carboxylic acids is 1. The standard InChI is InChI=1S/C13H18N4O2S2/c1-13(2,3)19-10(18)7-20-6-9-15-11(17-14)8-4-5-21-12(8)16-9/h4-5H,6-7,14H2,1-3H3,(H,15,16,17). The molecule has 0 bridgehead atoms. The number of nitrogens with one attached hydrogen (secondary N) is 1. The smallest absolute Gasteiger partial charge is 0.316 e. The molecule has 2 rings (SSSR count). The molecule has 0 aromatic carbocycles. The number of carbonyl (C=O) groups is 1. The Labute approximate surface area is 131 Å². The SMILES string of the molecule is CC(C)(C)OC(=O)CSCc1nc(NN)c2ccsc2n1. The second-order valence-corrected chi connectivity index (χ2v) is 7.23. The van der Waals surface area contributed by atoms with Crippen molar-refractivity contribution in [3.8, 4) is 0 Å². The maximum absolute atomic E-state index is 11.6. The molecule has 0 unspecified atom stereocenters. The van der Waals surface area contributed by atoms with Crippen molar-refractivity contribution in [2.45, 2.75) is 32.1 Å². The highest BCUT2D eigenvalue weighted by Gasteiger charge is 2.16. The van der Waals surface area contributed by atoms with Crippen LogP contribution in [0.2, 0.25) is 0 Å². The van der Waals surface area contributed by atoms with Crippen molar-refractivity contribution in [2.24, 2.45) is 5.84 Å². The molecule has 114 valence electrons. The minimum Gasteiger partial charge on any atom is -0.459 e. The van der Waals surface area contributed by atoms with E-state index in [2.05, 4.69) is 15.4 Å². The van der Waals surface area contributed by atoms with Crippen LogP contribution in [0.5, 0.6) is 0 Å². The van der Waals surface area contributed by atoms with Gasteiger partial charge in [-0.25, -0.2) is 15.8 Å². The molecule has 0 aliphatic carbocycles. The summed E-state index contributed by atoms with van der Waals surface area (Å²) in [6.07, 6.45) is 0. The molecule has 6 nitrogen and oxygen atoms in total. The first-order chi connectivity index (χ1) is 9.89. The zero-order valence-corrected chi connectivity index (χ0v) is 13.8. The van der Waals surface area contributed by atoms with Gasteiger partial charge in [0.25, 0.3) is 0 Å². The lowest BCUT2D eigenvalue weighted by Crippen LogP contribution is -2.25. The number of hydrogen-bond donors (Lipinski definition) is 2. The molecule has 0 saturated carbocycles. The van der Waals surface area contributed by atoms with Gasteiger partial charge in [-0.3, -0.25) is 4.79 Å². The normalized spacial score (nSPS) is 11.6. The van der Waals surface area contributed by atoms with E-state index in [4.69, 9.17) is 10.6 Å². The van der Waals surface area contributed by atoms with E-state index in [-0.39, 0.29) is 11.7 Å². The van der Waals surface area contributed by atoms with Crippen LogP contribution < -0.4 is 11.3 Å². The van der Waals surface area contributed by atoms with Gasteiger partial charge in [0.15, 0.2) is 5.82 Å². The van der Waals surface area contributed by atoms with Crippen LogP contribution in [0.25, 0.3) is 10.2 Å². The molecule has 2 heterocycles. The van der Waals surface area contributed by atoms with Crippen molar-refractivity contribution in [3.05, 3.63) is 17.3 Å². The Balaban J connectivity index is 1.96. The molecule has 8 heteroatoms. The van der Waals surface area contributed by atoms with Crippen molar-refractivity contribution < 1.29 is 9.53 Å². The Morgan fingerprint density at radius 3 is 2.90 bits per heavy atom. The van der Waals surface area contributed by atoms with Crippen molar-refractivity contribution in [1.82, 2.24) is 9.97 Å². The van der Waals surface area contributed by atoms with Crippen molar-refractivity contribution in [3.63, 3.8) is 0 Å². The number of nitrogens with zero attached hydrogens (tertiary/aromatic N) is 2. The maximum Gasteiger partial charge on any atom is 0.316 e. The Morgan fingerprint density at radius 1 is 1.48 bits per heavy atom. The van der Waals surface area contributed by atoms with Gasteiger partial charge in [-0.1, -0.05) is 0 Å². The summed E-state index contributed by atoms with van der Waals surface area (Å²) in [5, 5.41) is 2.85. The predicted octanol–water partition coefficient (Wildman–Crippen LogP) is 2.55. The summed E-state index contributed by atoms with van der Waals surface area (Å²) >= 11 is 2.95. The summed E-state index contributed by atoms with van der Waals surface area (Å²) in [7, 11) is 0. The van der Waals surface area contributed by atoms with Gasteiger partial charge in [-0.15, -0.1) is 23.1 Å². The molecule has 2 aromatic heterocycles. The van der Waals surface area contributed by atoms with E-state index in [0.717, 1.165) is 10.2 Å². The van der Waals surface area contributed by atoms with E-state index in [1.165, 1.54) is 23.1 Å². The fourth-order valence-electron chi connectivity index (χ4n) is 1.67. The van der Waals surface area contributed by atoms with Gasteiger partial charge in [0, 0.05) is 0 Å². The zero-order chi connectivity index (χ0) is 15.5. The van der Waals surface area contributed by atoms with Crippen molar-refractivity contribution in [1.29, 1.82) is 0 Å². The lowest BCUT2D eigenvalue weighted by Gasteiger charge is -2.19. The minimum absolute atomic E-state index is 0.234.